The van der Waals surface area contributed by atoms with Crippen LogP contribution < -0.4 is 4.74 Å². The minimum atomic E-state index is -0.494. The maximum Gasteiger partial charge on any atom is 0.342 e. The molecular weight excluding hydrogens is 240 g/mol. The maximum absolute atomic E-state index is 11.7. The van der Waals surface area contributed by atoms with E-state index in [4.69, 9.17) is 21.1 Å². The van der Waals surface area contributed by atoms with E-state index in [9.17, 15) is 4.79 Å². The van der Waals surface area contributed by atoms with Gasteiger partial charge in [-0.2, -0.15) is 0 Å². The number of carbonyl (C=O) groups excluding carboxylic acids is 1. The predicted molar refractivity (Wildman–Crippen MR) is 67.6 cm³/mol. The van der Waals surface area contributed by atoms with Crippen LogP contribution in [-0.4, -0.2) is 19.2 Å². The Labute approximate surface area is 105 Å². The molecule has 1 aromatic rings. The van der Waals surface area contributed by atoms with Crippen LogP contribution in [0.25, 0.3) is 0 Å². The normalized spacial score (nSPS) is 9.47. The van der Waals surface area contributed by atoms with E-state index in [1.165, 1.54) is 12.1 Å². The van der Waals surface area contributed by atoms with Crippen molar-refractivity contribution in [3.63, 3.8) is 0 Å². The molecule has 0 heterocycles. The number of carbonyl (C=O) groups is 1. The van der Waals surface area contributed by atoms with Gasteiger partial charge in [-0.05, 0) is 18.2 Å². The molecule has 0 aliphatic carbocycles. The third-order valence-corrected chi connectivity index (χ3v) is 2.09. The molecule has 0 unspecified atom stereocenters. The molecule has 0 amide bonds. The van der Waals surface area contributed by atoms with E-state index in [0.717, 1.165) is 0 Å². The predicted octanol–water partition coefficient (Wildman–Crippen LogP) is 3.25. The molecule has 0 aliphatic heterocycles. The van der Waals surface area contributed by atoms with Gasteiger partial charge in [0.1, 0.15) is 24.5 Å². The average molecular weight is 253 g/mol. The lowest BCUT2D eigenvalue weighted by molar-refractivity contribution is 0.0545. The minimum Gasteiger partial charge on any atom is -0.489 e. The van der Waals surface area contributed by atoms with Crippen LogP contribution in [0.1, 0.15) is 10.4 Å². The zero-order chi connectivity index (χ0) is 12.7. The average Bonchev–Trinajstić information content (AvgIpc) is 2.34. The summed E-state index contributed by atoms with van der Waals surface area (Å²) in [6, 6.07) is 4.77. The number of hydrogen-bond acceptors (Lipinski definition) is 3. The fraction of sp³-hybridized carbons (Fsp3) is 0.154. The van der Waals surface area contributed by atoms with Crippen LogP contribution in [0.2, 0.25) is 5.02 Å². The van der Waals surface area contributed by atoms with Crippen LogP contribution in [0.15, 0.2) is 43.5 Å². The van der Waals surface area contributed by atoms with Gasteiger partial charge in [-0.1, -0.05) is 36.9 Å². The molecule has 1 rings (SSSR count). The molecule has 0 saturated heterocycles. The second-order valence-corrected chi connectivity index (χ2v) is 3.56. The Morgan fingerprint density at radius 2 is 2.00 bits per heavy atom. The molecule has 0 N–H and O–H groups in total. The van der Waals surface area contributed by atoms with Gasteiger partial charge in [0.2, 0.25) is 0 Å². The van der Waals surface area contributed by atoms with E-state index in [0.29, 0.717) is 22.9 Å². The highest BCUT2D eigenvalue weighted by molar-refractivity contribution is 6.31. The summed E-state index contributed by atoms with van der Waals surface area (Å²) in [6.07, 6.45) is 3.08. The van der Waals surface area contributed by atoms with Crippen molar-refractivity contribution in [2.24, 2.45) is 0 Å². The van der Waals surface area contributed by atoms with Gasteiger partial charge in [0, 0.05) is 5.02 Å². The highest BCUT2D eigenvalue weighted by Gasteiger charge is 2.14. The first-order valence-electron chi connectivity index (χ1n) is 5.00. The van der Waals surface area contributed by atoms with Gasteiger partial charge in [-0.3, -0.25) is 0 Å². The largest absolute Gasteiger partial charge is 0.489 e. The number of esters is 1. The number of halogens is 1. The zero-order valence-electron chi connectivity index (χ0n) is 9.32. The van der Waals surface area contributed by atoms with Crippen molar-refractivity contribution < 1.29 is 14.3 Å². The second-order valence-electron chi connectivity index (χ2n) is 3.13. The van der Waals surface area contributed by atoms with Gasteiger partial charge in [0.15, 0.2) is 0 Å². The number of hydrogen-bond donors (Lipinski definition) is 0. The Morgan fingerprint density at radius 1 is 1.29 bits per heavy atom. The molecule has 4 heteroatoms. The summed E-state index contributed by atoms with van der Waals surface area (Å²) in [5.74, 6) is -0.0742. The standard InChI is InChI=1S/C13H13ClO3/c1-3-7-16-12-6-5-10(14)9-11(12)13(15)17-8-4-2/h3-6,9H,1-2,7-8H2. The smallest absolute Gasteiger partial charge is 0.342 e. The summed E-state index contributed by atoms with van der Waals surface area (Å²) in [4.78, 5) is 11.7. The van der Waals surface area contributed by atoms with E-state index in [1.807, 2.05) is 0 Å². The Bertz CT molecular complexity index is 427. The van der Waals surface area contributed by atoms with Crippen molar-refractivity contribution in [2.45, 2.75) is 0 Å². The molecule has 1 aromatic carbocycles. The lowest BCUT2D eigenvalue weighted by atomic mass is 10.2. The first-order valence-corrected chi connectivity index (χ1v) is 5.38. The SMILES string of the molecule is C=CCOC(=O)c1cc(Cl)ccc1OCC=C. The first kappa shape index (κ1) is 13.3. The molecule has 0 saturated carbocycles. The Hall–Kier alpha value is -1.74. The van der Waals surface area contributed by atoms with E-state index >= 15 is 0 Å². The first-order chi connectivity index (χ1) is 8.19. The van der Waals surface area contributed by atoms with Crippen molar-refractivity contribution in [3.05, 3.63) is 54.1 Å². The van der Waals surface area contributed by atoms with Crippen molar-refractivity contribution in [3.8, 4) is 5.75 Å². The molecule has 0 radical (unpaired) electrons. The summed E-state index contributed by atoms with van der Waals surface area (Å²) in [5.41, 5.74) is 0.293. The lowest BCUT2D eigenvalue weighted by Gasteiger charge is -2.09. The summed E-state index contributed by atoms with van der Waals surface area (Å²) in [5, 5.41) is 0.446. The highest BCUT2D eigenvalue weighted by atomic mass is 35.5. The summed E-state index contributed by atoms with van der Waals surface area (Å²) in [6.45, 7) is 7.46. The van der Waals surface area contributed by atoms with Crippen LogP contribution in [0, 0.1) is 0 Å². The number of ether oxygens (including phenoxy) is 2. The monoisotopic (exact) mass is 252 g/mol. The second kappa shape index (κ2) is 6.76. The van der Waals surface area contributed by atoms with Crippen LogP contribution in [0.3, 0.4) is 0 Å². The molecule has 90 valence electrons. The van der Waals surface area contributed by atoms with Gasteiger partial charge < -0.3 is 9.47 Å². The van der Waals surface area contributed by atoms with Crippen molar-refractivity contribution in [1.82, 2.24) is 0 Å². The molecular formula is C13H13ClO3. The van der Waals surface area contributed by atoms with E-state index in [2.05, 4.69) is 13.2 Å². The number of benzene rings is 1. The van der Waals surface area contributed by atoms with Gasteiger partial charge in [0.25, 0.3) is 0 Å². The highest BCUT2D eigenvalue weighted by Crippen LogP contribution is 2.23. The molecule has 0 bridgehead atoms. The molecule has 0 aliphatic rings. The van der Waals surface area contributed by atoms with Crippen molar-refractivity contribution in [1.29, 1.82) is 0 Å². The fourth-order valence-electron chi connectivity index (χ4n) is 1.15. The lowest BCUT2D eigenvalue weighted by Crippen LogP contribution is -2.08. The quantitative estimate of drug-likeness (QED) is 0.576. The summed E-state index contributed by atoms with van der Waals surface area (Å²) < 4.78 is 10.3. The molecule has 3 nitrogen and oxygen atoms in total. The number of rotatable bonds is 6. The van der Waals surface area contributed by atoms with Gasteiger partial charge >= 0.3 is 5.97 Å². The molecule has 0 fully saturated rings. The summed E-state index contributed by atoms with van der Waals surface area (Å²) >= 11 is 5.83. The third kappa shape index (κ3) is 3.96. The van der Waals surface area contributed by atoms with Crippen LogP contribution in [-0.2, 0) is 4.74 Å². The van der Waals surface area contributed by atoms with Crippen LogP contribution in [0.4, 0.5) is 0 Å². The van der Waals surface area contributed by atoms with Crippen molar-refractivity contribution in [2.75, 3.05) is 13.2 Å². The van der Waals surface area contributed by atoms with Gasteiger partial charge in [0.05, 0.1) is 0 Å². The Kier molecular flexibility index (Phi) is 5.30. The topological polar surface area (TPSA) is 35.5 Å². The third-order valence-electron chi connectivity index (χ3n) is 1.85. The van der Waals surface area contributed by atoms with Crippen molar-refractivity contribution >= 4 is 17.6 Å². The zero-order valence-corrected chi connectivity index (χ0v) is 10.1. The van der Waals surface area contributed by atoms with Crippen LogP contribution >= 0.6 is 11.6 Å². The molecule has 0 atom stereocenters. The Balaban J connectivity index is 2.92. The van der Waals surface area contributed by atoms with Gasteiger partial charge in [-0.15, -0.1) is 0 Å². The van der Waals surface area contributed by atoms with E-state index < -0.39 is 5.97 Å². The molecule has 17 heavy (non-hydrogen) atoms. The van der Waals surface area contributed by atoms with E-state index in [1.54, 1.807) is 18.2 Å². The fourth-order valence-corrected chi connectivity index (χ4v) is 1.32. The minimum absolute atomic E-state index is 0.145. The maximum atomic E-state index is 11.7. The summed E-state index contributed by atoms with van der Waals surface area (Å²) in [7, 11) is 0. The molecule has 0 aromatic heterocycles. The van der Waals surface area contributed by atoms with Crippen LogP contribution in [0.5, 0.6) is 5.75 Å². The Morgan fingerprint density at radius 3 is 2.65 bits per heavy atom. The van der Waals surface area contributed by atoms with Gasteiger partial charge in [-0.25, -0.2) is 4.79 Å². The van der Waals surface area contributed by atoms with E-state index in [-0.39, 0.29) is 6.61 Å². The molecule has 0 spiro atoms.